The molecule has 3 aromatic carbocycles. The molecule has 1 aliphatic rings. The molecule has 2 heterocycles. The van der Waals surface area contributed by atoms with Crippen molar-refractivity contribution in [1.82, 2.24) is 0 Å². The molecule has 174 valence electrons. The predicted octanol–water partition coefficient (Wildman–Crippen LogP) is 6.50. The molecule has 0 aliphatic carbocycles. The molecule has 35 heavy (non-hydrogen) atoms. The van der Waals surface area contributed by atoms with E-state index in [0.717, 1.165) is 38.5 Å². The lowest BCUT2D eigenvalue weighted by molar-refractivity contribution is 0.0702. The first-order valence-corrected chi connectivity index (χ1v) is 11.9. The van der Waals surface area contributed by atoms with Gasteiger partial charge in [0.1, 0.15) is 28.7 Å². The SMILES string of the molecule is CCc1ccc2oc(C(=O)Oc3ccc4c(c3)OC(N)=C(C#N)C4c3ccccc3Br)c(C)c2c1. The van der Waals surface area contributed by atoms with Crippen LogP contribution in [0.2, 0.25) is 0 Å². The Balaban J connectivity index is 1.49. The molecule has 1 aliphatic heterocycles. The Hall–Kier alpha value is -4.02. The number of furan rings is 1. The van der Waals surface area contributed by atoms with Crippen molar-refractivity contribution in [2.75, 3.05) is 0 Å². The molecule has 4 aromatic rings. The van der Waals surface area contributed by atoms with Crippen LogP contribution in [0.25, 0.3) is 11.0 Å². The van der Waals surface area contributed by atoms with Crippen LogP contribution in [0.5, 0.6) is 11.5 Å². The van der Waals surface area contributed by atoms with Gasteiger partial charge in [-0.15, -0.1) is 0 Å². The summed E-state index contributed by atoms with van der Waals surface area (Å²) < 4.78 is 18.1. The van der Waals surface area contributed by atoms with Crippen LogP contribution in [0.3, 0.4) is 0 Å². The number of hydrogen-bond donors (Lipinski definition) is 1. The molecule has 0 radical (unpaired) electrons. The summed E-state index contributed by atoms with van der Waals surface area (Å²) >= 11 is 3.57. The van der Waals surface area contributed by atoms with E-state index < -0.39 is 11.9 Å². The molecule has 0 bridgehead atoms. The molecule has 2 N–H and O–H groups in total. The average molecular weight is 529 g/mol. The van der Waals surface area contributed by atoms with Crippen LogP contribution in [-0.4, -0.2) is 5.97 Å². The summed E-state index contributed by atoms with van der Waals surface area (Å²) in [5.74, 6) is -0.151. The van der Waals surface area contributed by atoms with Gasteiger partial charge in [0.05, 0.1) is 5.92 Å². The van der Waals surface area contributed by atoms with E-state index in [0.29, 0.717) is 16.9 Å². The maximum Gasteiger partial charge on any atom is 0.379 e. The van der Waals surface area contributed by atoms with Crippen molar-refractivity contribution < 1.29 is 18.7 Å². The van der Waals surface area contributed by atoms with Crippen molar-refractivity contribution >= 4 is 32.9 Å². The second-order valence-electron chi connectivity index (χ2n) is 8.28. The zero-order valence-corrected chi connectivity index (χ0v) is 20.7. The highest BCUT2D eigenvalue weighted by Crippen LogP contribution is 2.45. The number of hydrogen-bond acceptors (Lipinski definition) is 6. The highest BCUT2D eigenvalue weighted by molar-refractivity contribution is 9.10. The molecule has 0 fully saturated rings. The fourth-order valence-corrected chi connectivity index (χ4v) is 4.88. The van der Waals surface area contributed by atoms with Gasteiger partial charge in [-0.25, -0.2) is 4.79 Å². The van der Waals surface area contributed by atoms with Gasteiger partial charge in [-0.3, -0.25) is 0 Å². The summed E-state index contributed by atoms with van der Waals surface area (Å²) in [4.78, 5) is 13.0. The lowest BCUT2D eigenvalue weighted by Gasteiger charge is -2.27. The van der Waals surface area contributed by atoms with Crippen LogP contribution in [0.4, 0.5) is 0 Å². The van der Waals surface area contributed by atoms with Gasteiger partial charge in [0.25, 0.3) is 0 Å². The standard InChI is InChI=1S/C28H21BrN2O4/c1-3-16-8-11-23-20(12-16)15(2)26(34-23)28(32)33-17-9-10-19-24(13-17)35-27(31)21(14-30)25(19)18-6-4-5-7-22(18)29/h4-13,25H,3,31H2,1-2H3. The fourth-order valence-electron chi connectivity index (χ4n) is 4.36. The second-order valence-corrected chi connectivity index (χ2v) is 9.13. The van der Waals surface area contributed by atoms with Crippen molar-refractivity contribution in [2.45, 2.75) is 26.2 Å². The molecule has 0 amide bonds. The monoisotopic (exact) mass is 528 g/mol. The second kappa shape index (κ2) is 8.97. The summed E-state index contributed by atoms with van der Waals surface area (Å²) in [5, 5.41) is 10.7. The number of nitriles is 1. The van der Waals surface area contributed by atoms with E-state index in [1.54, 1.807) is 18.2 Å². The van der Waals surface area contributed by atoms with Crippen molar-refractivity contribution in [1.29, 1.82) is 5.26 Å². The number of benzene rings is 3. The van der Waals surface area contributed by atoms with Gasteiger partial charge in [-0.1, -0.05) is 53.2 Å². The number of carbonyl (C=O) groups excluding carboxylic acids is 1. The number of carbonyl (C=O) groups is 1. The molecule has 1 atom stereocenters. The molecular formula is C28H21BrN2O4. The van der Waals surface area contributed by atoms with Crippen LogP contribution in [0.1, 0.15) is 45.7 Å². The maximum atomic E-state index is 13.0. The minimum absolute atomic E-state index is 0.0177. The molecule has 1 aromatic heterocycles. The summed E-state index contributed by atoms with van der Waals surface area (Å²) in [6.07, 6.45) is 0.890. The molecule has 7 heteroatoms. The van der Waals surface area contributed by atoms with Crippen LogP contribution in [0, 0.1) is 18.3 Å². The van der Waals surface area contributed by atoms with Crippen LogP contribution in [-0.2, 0) is 6.42 Å². The third-order valence-electron chi connectivity index (χ3n) is 6.21. The van der Waals surface area contributed by atoms with E-state index in [1.807, 2.05) is 49.4 Å². The van der Waals surface area contributed by atoms with Gasteiger partial charge in [-0.05, 0) is 48.7 Å². The Kier molecular flexibility index (Phi) is 5.83. The Morgan fingerprint density at radius 2 is 1.94 bits per heavy atom. The normalized spacial score (nSPS) is 14.9. The Morgan fingerprint density at radius 3 is 2.69 bits per heavy atom. The highest BCUT2D eigenvalue weighted by atomic mass is 79.9. The number of allylic oxidation sites excluding steroid dienone is 1. The van der Waals surface area contributed by atoms with Gasteiger partial charge >= 0.3 is 5.97 Å². The largest absolute Gasteiger partial charge is 0.449 e. The van der Waals surface area contributed by atoms with Gasteiger partial charge in [-0.2, -0.15) is 5.26 Å². The Labute approximate surface area is 210 Å². The summed E-state index contributed by atoms with van der Waals surface area (Å²) in [6.45, 7) is 3.92. The van der Waals surface area contributed by atoms with Crippen molar-refractivity contribution in [2.24, 2.45) is 5.73 Å². The van der Waals surface area contributed by atoms with Crippen LogP contribution >= 0.6 is 15.9 Å². The van der Waals surface area contributed by atoms with Crippen LogP contribution < -0.4 is 15.2 Å². The first-order valence-electron chi connectivity index (χ1n) is 11.1. The zero-order chi connectivity index (χ0) is 24.7. The van der Waals surface area contributed by atoms with Gasteiger partial charge < -0.3 is 19.6 Å². The Bertz CT molecular complexity index is 1560. The number of ether oxygens (including phenoxy) is 2. The molecule has 0 saturated heterocycles. The van der Waals surface area contributed by atoms with Crippen molar-refractivity contribution in [3.05, 3.63) is 105 Å². The van der Waals surface area contributed by atoms with Gasteiger partial charge in [0, 0.05) is 27.1 Å². The van der Waals surface area contributed by atoms with Crippen LogP contribution in [0.15, 0.2) is 81.0 Å². The van der Waals surface area contributed by atoms with Gasteiger partial charge in [0.15, 0.2) is 0 Å². The topological polar surface area (TPSA) is 98.5 Å². The minimum atomic E-state index is -0.601. The molecule has 5 rings (SSSR count). The van der Waals surface area contributed by atoms with E-state index in [1.165, 1.54) is 0 Å². The molecular weight excluding hydrogens is 508 g/mol. The summed E-state index contributed by atoms with van der Waals surface area (Å²) in [6, 6.07) is 20.8. The number of nitrogens with zero attached hydrogens (tertiary/aromatic N) is 1. The van der Waals surface area contributed by atoms with E-state index in [9.17, 15) is 10.1 Å². The third-order valence-corrected chi connectivity index (χ3v) is 6.93. The quantitative estimate of drug-likeness (QED) is 0.239. The lowest BCUT2D eigenvalue weighted by atomic mass is 9.83. The number of fused-ring (bicyclic) bond motifs is 2. The number of aryl methyl sites for hydroxylation is 2. The predicted molar refractivity (Wildman–Crippen MR) is 135 cm³/mol. The van der Waals surface area contributed by atoms with Crippen molar-refractivity contribution in [3.63, 3.8) is 0 Å². The number of esters is 1. The maximum absolute atomic E-state index is 13.0. The lowest BCUT2D eigenvalue weighted by Crippen LogP contribution is -2.21. The number of nitrogens with two attached hydrogens (primary N) is 1. The number of halogens is 1. The molecule has 0 saturated carbocycles. The van der Waals surface area contributed by atoms with Crippen molar-refractivity contribution in [3.8, 4) is 17.6 Å². The van der Waals surface area contributed by atoms with E-state index in [2.05, 4.69) is 28.9 Å². The third kappa shape index (κ3) is 3.96. The fraction of sp³-hybridized carbons (Fsp3) is 0.143. The van der Waals surface area contributed by atoms with E-state index >= 15 is 0 Å². The highest BCUT2D eigenvalue weighted by Gasteiger charge is 2.32. The summed E-state index contributed by atoms with van der Waals surface area (Å²) in [5.41, 5.74) is 10.6. The van der Waals surface area contributed by atoms with E-state index in [-0.39, 0.29) is 17.4 Å². The molecule has 0 spiro atoms. The smallest absolute Gasteiger partial charge is 0.379 e. The van der Waals surface area contributed by atoms with Gasteiger partial charge in [0.2, 0.25) is 11.6 Å². The average Bonchev–Trinajstić information content (AvgIpc) is 3.19. The molecule has 6 nitrogen and oxygen atoms in total. The first kappa shape index (κ1) is 22.8. The number of rotatable bonds is 4. The zero-order valence-electron chi connectivity index (χ0n) is 19.1. The summed E-state index contributed by atoms with van der Waals surface area (Å²) in [7, 11) is 0. The molecule has 1 unspecified atom stereocenters. The first-order chi connectivity index (χ1) is 16.9. The Morgan fingerprint density at radius 1 is 1.14 bits per heavy atom. The minimum Gasteiger partial charge on any atom is -0.449 e. The van der Waals surface area contributed by atoms with E-state index in [4.69, 9.17) is 19.6 Å².